The van der Waals surface area contributed by atoms with Crippen LogP contribution in [0.15, 0.2) is 85.1 Å². The molecule has 0 atom stereocenters. The molecule has 0 bridgehead atoms. The van der Waals surface area contributed by atoms with Crippen molar-refractivity contribution in [3.8, 4) is 11.1 Å². The number of rotatable bonds is 6. The molecule has 0 saturated carbocycles. The van der Waals surface area contributed by atoms with E-state index in [1.165, 1.54) is 11.8 Å². The van der Waals surface area contributed by atoms with E-state index in [2.05, 4.69) is 32.7 Å². The molecule has 1 aliphatic rings. The molecular weight excluding hydrogens is 438 g/mol. The fraction of sp³-hybridized carbons (Fsp3) is 0.179. The third kappa shape index (κ3) is 5.31. The summed E-state index contributed by atoms with van der Waals surface area (Å²) in [6.07, 6.45) is 5.04. The van der Waals surface area contributed by atoms with Gasteiger partial charge in [0.15, 0.2) is 0 Å². The van der Waals surface area contributed by atoms with E-state index in [1.54, 1.807) is 6.08 Å². The first-order valence-corrected chi connectivity index (χ1v) is 11.7. The Morgan fingerprint density at radius 3 is 2.60 bits per heavy atom. The molecule has 4 aromatic rings. The number of hydrogen-bond acceptors (Lipinski definition) is 6. The minimum atomic E-state index is -0.156. The number of anilines is 4. The molecule has 176 valence electrons. The number of allylic oxidation sites excluding steroid dienone is 1. The van der Waals surface area contributed by atoms with Gasteiger partial charge in [0.25, 0.3) is 0 Å². The summed E-state index contributed by atoms with van der Waals surface area (Å²) < 4.78 is 5.44. The van der Waals surface area contributed by atoms with Gasteiger partial charge in [-0.3, -0.25) is 4.79 Å². The van der Waals surface area contributed by atoms with E-state index in [0.29, 0.717) is 5.95 Å². The molecule has 3 aromatic carbocycles. The summed E-state index contributed by atoms with van der Waals surface area (Å²) >= 11 is 0. The summed E-state index contributed by atoms with van der Waals surface area (Å²) in [5, 5.41) is 7.16. The number of nitrogens with one attached hydrogen (secondary N) is 2. The highest BCUT2D eigenvalue weighted by atomic mass is 16.5. The van der Waals surface area contributed by atoms with Gasteiger partial charge in [0, 0.05) is 47.3 Å². The Morgan fingerprint density at radius 1 is 1.00 bits per heavy atom. The molecule has 1 amide bonds. The van der Waals surface area contributed by atoms with Gasteiger partial charge >= 0.3 is 0 Å². The number of carbonyl (C=O) groups is 1. The van der Waals surface area contributed by atoms with Gasteiger partial charge in [-0.1, -0.05) is 36.4 Å². The SMILES string of the molecule is C/C=C/C(=O)Nc1cccc(-c2cccc3cnc(Nc4ccc(N5CCOCC5)cc4)nc23)c1. The molecule has 35 heavy (non-hydrogen) atoms. The molecule has 5 rings (SSSR count). The van der Waals surface area contributed by atoms with Gasteiger partial charge in [-0.05, 0) is 55.0 Å². The maximum absolute atomic E-state index is 12.0. The Morgan fingerprint density at radius 2 is 1.80 bits per heavy atom. The van der Waals surface area contributed by atoms with Crippen LogP contribution < -0.4 is 15.5 Å². The number of carbonyl (C=O) groups excluding carboxylic acids is 1. The first-order valence-electron chi connectivity index (χ1n) is 11.7. The van der Waals surface area contributed by atoms with Crippen LogP contribution in [0.25, 0.3) is 22.0 Å². The molecule has 1 saturated heterocycles. The number of hydrogen-bond donors (Lipinski definition) is 2. The summed E-state index contributed by atoms with van der Waals surface area (Å²) in [6.45, 7) is 5.15. The smallest absolute Gasteiger partial charge is 0.248 e. The van der Waals surface area contributed by atoms with Crippen LogP contribution in [0.5, 0.6) is 0 Å². The number of morpholine rings is 1. The van der Waals surface area contributed by atoms with E-state index < -0.39 is 0 Å². The Kier molecular flexibility index (Phi) is 6.68. The van der Waals surface area contributed by atoms with Crippen LogP contribution in [0.3, 0.4) is 0 Å². The summed E-state index contributed by atoms with van der Waals surface area (Å²) in [6, 6.07) is 22.1. The van der Waals surface area contributed by atoms with Crippen LogP contribution >= 0.6 is 0 Å². The van der Waals surface area contributed by atoms with Crippen LogP contribution in [0.4, 0.5) is 23.0 Å². The van der Waals surface area contributed by atoms with Crippen LogP contribution in [0.2, 0.25) is 0 Å². The average Bonchev–Trinajstić information content (AvgIpc) is 2.89. The summed E-state index contributed by atoms with van der Waals surface area (Å²) in [5.41, 5.74) is 5.61. The van der Waals surface area contributed by atoms with E-state index >= 15 is 0 Å². The zero-order chi connectivity index (χ0) is 24.0. The van der Waals surface area contributed by atoms with Gasteiger partial charge in [0.1, 0.15) is 0 Å². The monoisotopic (exact) mass is 465 g/mol. The Hall–Kier alpha value is -4.23. The summed E-state index contributed by atoms with van der Waals surface area (Å²) in [4.78, 5) is 23.6. The van der Waals surface area contributed by atoms with E-state index in [1.807, 2.05) is 67.7 Å². The number of para-hydroxylation sites is 1. The van der Waals surface area contributed by atoms with Crippen molar-refractivity contribution in [2.45, 2.75) is 6.92 Å². The molecular formula is C28H27N5O2. The lowest BCUT2D eigenvalue weighted by Gasteiger charge is -2.28. The van der Waals surface area contributed by atoms with Crippen molar-refractivity contribution >= 4 is 39.8 Å². The van der Waals surface area contributed by atoms with Crippen molar-refractivity contribution in [2.24, 2.45) is 0 Å². The molecule has 7 heteroatoms. The highest BCUT2D eigenvalue weighted by Crippen LogP contribution is 2.30. The Labute approximate surface area is 204 Å². The number of amides is 1. The van der Waals surface area contributed by atoms with Gasteiger partial charge in [-0.2, -0.15) is 0 Å². The molecule has 0 spiro atoms. The minimum Gasteiger partial charge on any atom is -0.378 e. The molecule has 2 heterocycles. The van der Waals surface area contributed by atoms with Crippen molar-refractivity contribution in [1.82, 2.24) is 9.97 Å². The molecule has 0 unspecified atom stereocenters. The van der Waals surface area contributed by atoms with Crippen molar-refractivity contribution in [1.29, 1.82) is 0 Å². The summed E-state index contributed by atoms with van der Waals surface area (Å²) in [7, 11) is 0. The predicted molar refractivity (Wildman–Crippen MR) is 141 cm³/mol. The fourth-order valence-electron chi connectivity index (χ4n) is 4.15. The quantitative estimate of drug-likeness (QED) is 0.372. The van der Waals surface area contributed by atoms with Gasteiger partial charge in [-0.25, -0.2) is 9.97 Å². The van der Waals surface area contributed by atoms with E-state index in [4.69, 9.17) is 9.72 Å². The fourth-order valence-corrected chi connectivity index (χ4v) is 4.15. The number of benzene rings is 3. The van der Waals surface area contributed by atoms with Crippen molar-refractivity contribution in [3.63, 3.8) is 0 Å². The maximum atomic E-state index is 12.0. The van der Waals surface area contributed by atoms with Crippen LogP contribution in [-0.2, 0) is 9.53 Å². The third-order valence-corrected chi connectivity index (χ3v) is 5.87. The highest BCUT2D eigenvalue weighted by Gasteiger charge is 2.12. The summed E-state index contributed by atoms with van der Waals surface area (Å²) in [5.74, 6) is 0.373. The molecule has 1 aliphatic heterocycles. The highest BCUT2D eigenvalue weighted by molar-refractivity contribution is 6.00. The normalized spacial score (nSPS) is 13.8. The molecule has 7 nitrogen and oxygen atoms in total. The number of ether oxygens (including phenoxy) is 1. The third-order valence-electron chi connectivity index (χ3n) is 5.87. The van der Waals surface area contributed by atoms with E-state index in [9.17, 15) is 4.79 Å². The van der Waals surface area contributed by atoms with Gasteiger partial charge in [0.2, 0.25) is 11.9 Å². The first-order chi connectivity index (χ1) is 17.2. The lowest BCUT2D eigenvalue weighted by molar-refractivity contribution is -0.111. The first kappa shape index (κ1) is 22.6. The van der Waals surface area contributed by atoms with E-state index in [-0.39, 0.29) is 5.91 Å². The largest absolute Gasteiger partial charge is 0.378 e. The molecule has 1 aromatic heterocycles. The molecule has 0 radical (unpaired) electrons. The average molecular weight is 466 g/mol. The Bertz CT molecular complexity index is 1360. The zero-order valence-corrected chi connectivity index (χ0v) is 19.6. The second-order valence-corrected chi connectivity index (χ2v) is 8.28. The predicted octanol–water partition coefficient (Wildman–Crippen LogP) is 5.39. The van der Waals surface area contributed by atoms with Crippen molar-refractivity contribution in [3.05, 3.63) is 85.1 Å². The second-order valence-electron chi connectivity index (χ2n) is 8.28. The van der Waals surface area contributed by atoms with Crippen LogP contribution in [0, 0.1) is 0 Å². The zero-order valence-electron chi connectivity index (χ0n) is 19.6. The van der Waals surface area contributed by atoms with Crippen LogP contribution in [0.1, 0.15) is 6.92 Å². The minimum absolute atomic E-state index is 0.156. The van der Waals surface area contributed by atoms with Gasteiger partial charge < -0.3 is 20.3 Å². The van der Waals surface area contributed by atoms with Crippen molar-refractivity contribution < 1.29 is 9.53 Å². The number of fused-ring (bicyclic) bond motifs is 1. The molecule has 0 aliphatic carbocycles. The molecule has 1 fully saturated rings. The lowest BCUT2D eigenvalue weighted by atomic mass is 10.0. The number of aromatic nitrogens is 2. The van der Waals surface area contributed by atoms with Gasteiger partial charge in [0.05, 0.1) is 18.7 Å². The van der Waals surface area contributed by atoms with Gasteiger partial charge in [-0.15, -0.1) is 0 Å². The topological polar surface area (TPSA) is 79.4 Å². The maximum Gasteiger partial charge on any atom is 0.248 e. The lowest BCUT2D eigenvalue weighted by Crippen LogP contribution is -2.36. The van der Waals surface area contributed by atoms with E-state index in [0.717, 1.165) is 59.7 Å². The molecule has 2 N–H and O–H groups in total. The number of nitrogens with zero attached hydrogens (tertiary/aromatic N) is 3. The Balaban J connectivity index is 1.40. The van der Waals surface area contributed by atoms with Crippen molar-refractivity contribution in [2.75, 3.05) is 41.8 Å². The van der Waals surface area contributed by atoms with Crippen LogP contribution in [-0.4, -0.2) is 42.2 Å². The standard InChI is InChI=1S/C28H27N5O2/c1-2-5-26(34)30-23-8-3-6-20(18-23)25-9-4-7-21-19-29-28(32-27(21)25)31-22-10-12-24(13-11-22)33-14-16-35-17-15-33/h2-13,18-19H,14-17H2,1H3,(H,30,34)(H,29,31,32)/b5-2+. The second kappa shape index (κ2) is 10.4.